The number of ketones is 1. The Kier molecular flexibility index (Phi) is 15.2. The topological polar surface area (TPSA) is 108 Å². The van der Waals surface area contributed by atoms with Crippen molar-refractivity contribution in [2.75, 3.05) is 35.0 Å². The molecule has 10 nitrogen and oxygen atoms in total. The molecule has 1 heterocycles. The molecular formula is C42H52O10. The Hall–Kier alpha value is -4.32. The summed E-state index contributed by atoms with van der Waals surface area (Å²) in [6.45, 7) is 7.06. The number of hydrogen-bond donors (Lipinski definition) is 0. The van der Waals surface area contributed by atoms with Crippen LogP contribution in [0, 0.1) is 5.41 Å². The molecule has 2 unspecified atom stereocenters. The van der Waals surface area contributed by atoms with Crippen LogP contribution in [-0.4, -0.2) is 70.9 Å². The van der Waals surface area contributed by atoms with Gasteiger partial charge in [0.1, 0.15) is 11.5 Å². The zero-order valence-electron chi connectivity index (χ0n) is 31.3. The van der Waals surface area contributed by atoms with Crippen molar-refractivity contribution in [2.24, 2.45) is 5.41 Å². The van der Waals surface area contributed by atoms with Crippen LogP contribution in [0.4, 0.5) is 0 Å². The smallest absolute Gasteiger partial charge is 0.330 e. The van der Waals surface area contributed by atoms with Gasteiger partial charge in [0.15, 0.2) is 0 Å². The van der Waals surface area contributed by atoms with Gasteiger partial charge in [-0.1, -0.05) is 80.6 Å². The van der Waals surface area contributed by atoms with E-state index in [4.69, 9.17) is 37.9 Å². The Balaban J connectivity index is 1.56. The molecule has 280 valence electrons. The van der Waals surface area contributed by atoms with Gasteiger partial charge in [-0.05, 0) is 47.9 Å². The summed E-state index contributed by atoms with van der Waals surface area (Å²) in [4.78, 5) is 26.7. The highest BCUT2D eigenvalue weighted by atomic mass is 16.7. The minimum absolute atomic E-state index is 0.150. The molecule has 1 aliphatic rings. The number of benzene rings is 3. The van der Waals surface area contributed by atoms with E-state index >= 15 is 0 Å². The van der Waals surface area contributed by atoms with E-state index in [9.17, 15) is 9.59 Å². The highest BCUT2D eigenvalue weighted by molar-refractivity contribution is 6.06. The van der Waals surface area contributed by atoms with Gasteiger partial charge in [0, 0.05) is 37.0 Å². The van der Waals surface area contributed by atoms with Crippen molar-refractivity contribution in [2.45, 2.75) is 77.5 Å². The lowest BCUT2D eigenvalue weighted by atomic mass is 9.75. The third-order valence-electron chi connectivity index (χ3n) is 9.17. The van der Waals surface area contributed by atoms with Crippen LogP contribution in [0.3, 0.4) is 0 Å². The first-order valence-electron chi connectivity index (χ1n) is 17.4. The molecular weight excluding hydrogens is 664 g/mol. The summed E-state index contributed by atoms with van der Waals surface area (Å²) < 4.78 is 46.9. The molecule has 0 spiro atoms. The van der Waals surface area contributed by atoms with Gasteiger partial charge in [0.05, 0.1) is 66.1 Å². The monoisotopic (exact) mass is 716 g/mol. The molecule has 0 aromatic heterocycles. The maximum atomic E-state index is 14.2. The average Bonchev–Trinajstić information content (AvgIpc) is 3.17. The zero-order valence-corrected chi connectivity index (χ0v) is 31.3. The lowest BCUT2D eigenvalue weighted by Gasteiger charge is -2.48. The second-order valence-electron chi connectivity index (χ2n) is 13.2. The number of rotatable bonds is 19. The van der Waals surface area contributed by atoms with E-state index in [1.165, 1.54) is 20.3 Å². The number of carbonyl (C=O) groups is 2. The number of esters is 1. The first-order valence-corrected chi connectivity index (χ1v) is 17.4. The molecule has 0 radical (unpaired) electrons. The average molecular weight is 717 g/mol. The van der Waals surface area contributed by atoms with E-state index in [1.807, 2.05) is 112 Å². The Bertz CT molecular complexity index is 1610. The Morgan fingerprint density at radius 2 is 1.42 bits per heavy atom. The van der Waals surface area contributed by atoms with Crippen molar-refractivity contribution in [3.8, 4) is 11.5 Å². The quantitative estimate of drug-likeness (QED) is 0.0548. The maximum Gasteiger partial charge on any atom is 0.330 e. The summed E-state index contributed by atoms with van der Waals surface area (Å²) in [7, 11) is 5.97. The Labute approximate surface area is 307 Å². The molecule has 0 N–H and O–H groups in total. The lowest BCUT2D eigenvalue weighted by Crippen LogP contribution is -2.60. The minimum atomic E-state index is -1.77. The molecule has 52 heavy (non-hydrogen) atoms. The van der Waals surface area contributed by atoms with Gasteiger partial charge >= 0.3 is 5.97 Å². The van der Waals surface area contributed by atoms with Crippen molar-refractivity contribution >= 4 is 11.8 Å². The summed E-state index contributed by atoms with van der Waals surface area (Å²) in [5, 5.41) is 0. The number of Topliss-reactive ketones (excluding diaryl/α,β-unsaturated/α-hetero) is 1. The molecule has 1 fully saturated rings. The largest absolute Gasteiger partial charge is 0.497 e. The zero-order chi connectivity index (χ0) is 37.6. The van der Waals surface area contributed by atoms with E-state index in [-0.39, 0.29) is 24.7 Å². The fraction of sp³-hybridized carbons (Fsp3) is 0.429. The Morgan fingerprint density at radius 1 is 0.846 bits per heavy atom. The maximum absolute atomic E-state index is 14.2. The molecule has 0 aliphatic carbocycles. The molecule has 4 atom stereocenters. The van der Waals surface area contributed by atoms with Crippen molar-refractivity contribution in [3.05, 3.63) is 119 Å². The van der Waals surface area contributed by atoms with Crippen LogP contribution in [0.1, 0.15) is 50.3 Å². The van der Waals surface area contributed by atoms with Crippen molar-refractivity contribution in [1.82, 2.24) is 0 Å². The SMILES string of the molecule is COC(=O)C=C1C[C@@H](CC(OCc2ccc(OC)cc2)C(C)OCc2ccccc2)O[C@@](OC)(C(C)(C)C=CCOCc2ccc(OC)cc2)C1=O. The normalized spacial score (nSPS) is 19.8. The molecule has 3 aromatic carbocycles. The second-order valence-corrected chi connectivity index (χ2v) is 13.2. The van der Waals surface area contributed by atoms with E-state index in [2.05, 4.69) is 0 Å². The fourth-order valence-corrected chi connectivity index (χ4v) is 6.09. The van der Waals surface area contributed by atoms with E-state index in [0.717, 1.165) is 28.2 Å². The van der Waals surface area contributed by atoms with Gasteiger partial charge in [-0.3, -0.25) is 4.79 Å². The summed E-state index contributed by atoms with van der Waals surface area (Å²) in [5.41, 5.74) is 2.24. The van der Waals surface area contributed by atoms with E-state index < -0.39 is 35.2 Å². The lowest BCUT2D eigenvalue weighted by molar-refractivity contribution is -0.280. The molecule has 10 heteroatoms. The number of hydrogen-bond acceptors (Lipinski definition) is 10. The van der Waals surface area contributed by atoms with E-state index in [0.29, 0.717) is 26.2 Å². The fourth-order valence-electron chi connectivity index (χ4n) is 6.09. The van der Waals surface area contributed by atoms with Gasteiger partial charge in [0.2, 0.25) is 11.6 Å². The van der Waals surface area contributed by atoms with Crippen LogP contribution in [0.15, 0.2) is 103 Å². The number of ether oxygens (including phenoxy) is 8. The predicted molar refractivity (Wildman–Crippen MR) is 197 cm³/mol. The van der Waals surface area contributed by atoms with Crippen LogP contribution in [0.2, 0.25) is 0 Å². The summed E-state index contributed by atoms with van der Waals surface area (Å²) >= 11 is 0. The first-order chi connectivity index (χ1) is 25.0. The van der Waals surface area contributed by atoms with Crippen LogP contribution in [0.25, 0.3) is 0 Å². The van der Waals surface area contributed by atoms with Crippen molar-refractivity contribution < 1.29 is 47.5 Å². The van der Waals surface area contributed by atoms with Crippen LogP contribution < -0.4 is 9.47 Å². The van der Waals surface area contributed by atoms with Crippen molar-refractivity contribution in [3.63, 3.8) is 0 Å². The molecule has 1 aliphatic heterocycles. The van der Waals surface area contributed by atoms with Gasteiger partial charge in [-0.15, -0.1) is 0 Å². The molecule has 0 bridgehead atoms. The molecule has 0 saturated carbocycles. The standard InChI is InChI=1S/C42H52O10/c1-30(50-28-31-12-9-8-10-13-31)38(51-29-33-16-20-36(46-5)21-17-33)26-37-24-34(25-39(43)47-6)40(44)42(48-7,52-37)41(2,3)22-11-23-49-27-32-14-18-35(45-4)19-15-32/h8-22,25,30,37-38H,23-24,26-29H2,1-7H3/t30?,37-,38?,42+/m0/s1. The van der Waals surface area contributed by atoms with Crippen LogP contribution in [-0.2, 0) is 57.8 Å². The van der Waals surface area contributed by atoms with Gasteiger partial charge in [-0.2, -0.15) is 0 Å². The van der Waals surface area contributed by atoms with Gasteiger partial charge in [0.25, 0.3) is 0 Å². The van der Waals surface area contributed by atoms with E-state index in [1.54, 1.807) is 14.2 Å². The molecule has 0 amide bonds. The summed E-state index contributed by atoms with van der Waals surface area (Å²) in [6.07, 6.45) is 4.01. The second kappa shape index (κ2) is 19.5. The molecule has 4 rings (SSSR count). The molecule has 1 saturated heterocycles. The highest BCUT2D eigenvalue weighted by Gasteiger charge is 2.57. The molecule has 3 aromatic rings. The predicted octanol–water partition coefficient (Wildman–Crippen LogP) is 7.18. The Morgan fingerprint density at radius 3 is 2.00 bits per heavy atom. The van der Waals surface area contributed by atoms with Gasteiger partial charge in [-0.25, -0.2) is 4.79 Å². The minimum Gasteiger partial charge on any atom is -0.497 e. The first kappa shape index (κ1) is 40.5. The van der Waals surface area contributed by atoms with Crippen molar-refractivity contribution in [1.29, 1.82) is 0 Å². The third-order valence-corrected chi connectivity index (χ3v) is 9.17. The third kappa shape index (κ3) is 10.8. The number of methoxy groups -OCH3 is 4. The van der Waals surface area contributed by atoms with Crippen LogP contribution >= 0.6 is 0 Å². The van der Waals surface area contributed by atoms with Gasteiger partial charge < -0.3 is 37.9 Å². The summed E-state index contributed by atoms with van der Waals surface area (Å²) in [6, 6.07) is 25.2. The van der Waals surface area contributed by atoms with Crippen LogP contribution in [0.5, 0.6) is 11.5 Å². The highest BCUT2D eigenvalue weighted by Crippen LogP contribution is 2.45. The summed E-state index contributed by atoms with van der Waals surface area (Å²) in [5.74, 6) is -1.33. The number of carbonyl (C=O) groups excluding carboxylic acids is 2.